The maximum absolute atomic E-state index is 13.7. The van der Waals surface area contributed by atoms with E-state index in [4.69, 9.17) is 9.15 Å². The molecule has 0 bridgehead atoms. The average Bonchev–Trinajstić information content (AvgIpc) is 3.24. The lowest BCUT2D eigenvalue weighted by Crippen LogP contribution is -2.43. The van der Waals surface area contributed by atoms with Crippen LogP contribution in [0, 0.1) is 0 Å². The van der Waals surface area contributed by atoms with Crippen LogP contribution in [0.5, 0.6) is 5.75 Å². The smallest absolute Gasteiger partial charge is 0.484 e. The molecule has 0 radical (unpaired) electrons. The van der Waals surface area contributed by atoms with E-state index < -0.39 is 25.3 Å². The van der Waals surface area contributed by atoms with Crippen LogP contribution in [-0.4, -0.2) is 25.3 Å². The third-order valence-corrected chi connectivity index (χ3v) is 5.38. The molecule has 3 aromatic rings. The van der Waals surface area contributed by atoms with E-state index in [2.05, 4.69) is 22.5 Å². The fourth-order valence-corrected chi connectivity index (χ4v) is 3.69. The highest BCUT2D eigenvalue weighted by Crippen LogP contribution is 2.36. The van der Waals surface area contributed by atoms with E-state index in [1.165, 1.54) is 23.8 Å². The van der Waals surface area contributed by atoms with Gasteiger partial charge in [0.2, 0.25) is 0 Å². The zero-order valence-electron chi connectivity index (χ0n) is 20.0. The SMILES string of the molecule is CCCCCc1ccc(-c2cc3ccc(OCC(F)(F)OC(F)(F)OC(F)(F)OF)cc3o2)c(CC)c1. The molecule has 0 spiro atoms. The van der Waals surface area contributed by atoms with Gasteiger partial charge in [0.1, 0.15) is 17.1 Å². The highest BCUT2D eigenvalue weighted by Gasteiger charge is 2.54. The van der Waals surface area contributed by atoms with Crippen LogP contribution in [0.3, 0.4) is 0 Å². The van der Waals surface area contributed by atoms with Crippen LogP contribution in [0.1, 0.15) is 44.2 Å². The number of aryl methyl sites for hydroxylation is 2. The summed E-state index contributed by atoms with van der Waals surface area (Å²) in [6.45, 7) is 2.36. The Balaban J connectivity index is 1.71. The Bertz CT molecular complexity index is 1180. The maximum atomic E-state index is 13.7. The topological polar surface area (TPSA) is 50.1 Å². The Hall–Kier alpha value is -2.83. The molecule has 0 aliphatic rings. The van der Waals surface area contributed by atoms with Crippen molar-refractivity contribution >= 4 is 11.0 Å². The summed E-state index contributed by atoms with van der Waals surface area (Å²) in [6, 6.07) is 12.0. The summed E-state index contributed by atoms with van der Waals surface area (Å²) < 4.78 is 106. The molecule has 5 nitrogen and oxygen atoms in total. The van der Waals surface area contributed by atoms with Crippen molar-refractivity contribution in [2.75, 3.05) is 6.61 Å². The maximum Gasteiger partial charge on any atom is 0.522 e. The lowest BCUT2D eigenvalue weighted by Gasteiger charge is -2.24. The Morgan fingerprint density at radius 2 is 1.59 bits per heavy atom. The minimum atomic E-state index is -5.59. The van der Waals surface area contributed by atoms with E-state index in [0.29, 0.717) is 11.1 Å². The van der Waals surface area contributed by atoms with Crippen molar-refractivity contribution in [3.05, 3.63) is 53.6 Å². The van der Waals surface area contributed by atoms with Crippen LogP contribution in [0.2, 0.25) is 0 Å². The van der Waals surface area contributed by atoms with Gasteiger partial charge in [-0.05, 0) is 53.1 Å². The number of fused-ring (bicyclic) bond motifs is 1. The quantitative estimate of drug-likeness (QED) is 0.117. The largest absolute Gasteiger partial charge is 0.522 e. The second-order valence-corrected chi connectivity index (χ2v) is 8.25. The van der Waals surface area contributed by atoms with E-state index in [1.807, 2.05) is 24.0 Å². The molecule has 3 rings (SSSR count). The van der Waals surface area contributed by atoms with Crippen LogP contribution < -0.4 is 4.74 Å². The van der Waals surface area contributed by atoms with Gasteiger partial charge in [-0.1, -0.05) is 49.8 Å². The van der Waals surface area contributed by atoms with Gasteiger partial charge in [0.15, 0.2) is 6.61 Å². The predicted molar refractivity (Wildman–Crippen MR) is 119 cm³/mol. The zero-order valence-corrected chi connectivity index (χ0v) is 20.0. The Labute approximate surface area is 207 Å². The van der Waals surface area contributed by atoms with Crippen LogP contribution in [0.4, 0.5) is 30.9 Å². The Morgan fingerprint density at radius 3 is 2.27 bits per heavy atom. The fourth-order valence-electron chi connectivity index (χ4n) is 3.69. The van der Waals surface area contributed by atoms with Crippen molar-refractivity contribution in [3.63, 3.8) is 0 Å². The van der Waals surface area contributed by atoms with Crippen LogP contribution in [-0.2, 0) is 27.3 Å². The zero-order chi connectivity index (χ0) is 27.3. The summed E-state index contributed by atoms with van der Waals surface area (Å²) in [6.07, 6.45) is -10.8. The summed E-state index contributed by atoms with van der Waals surface area (Å²) in [4.78, 5) is 1.83. The summed E-state index contributed by atoms with van der Waals surface area (Å²) in [5.41, 5.74) is 3.45. The lowest BCUT2D eigenvalue weighted by atomic mass is 9.97. The number of ether oxygens (including phenoxy) is 3. The number of hydrogen-bond acceptors (Lipinski definition) is 5. The molecule has 1 aromatic heterocycles. The average molecular weight is 538 g/mol. The molecule has 2 aromatic carbocycles. The molecule has 0 saturated heterocycles. The normalized spacial score (nSPS) is 12.9. The molecule has 12 heteroatoms. The minimum absolute atomic E-state index is 0.194. The van der Waals surface area contributed by atoms with E-state index in [-0.39, 0.29) is 11.3 Å². The van der Waals surface area contributed by atoms with Gasteiger partial charge in [0.25, 0.3) is 0 Å². The first kappa shape index (κ1) is 28.7. The molecule has 37 heavy (non-hydrogen) atoms. The Kier molecular flexibility index (Phi) is 9.09. The molecule has 0 atom stereocenters. The molecule has 204 valence electrons. The number of alkyl halides is 6. The van der Waals surface area contributed by atoms with Crippen molar-refractivity contribution in [1.29, 1.82) is 0 Å². The van der Waals surface area contributed by atoms with Crippen molar-refractivity contribution in [2.45, 2.75) is 64.6 Å². The molecule has 0 saturated carbocycles. The molecule has 0 fully saturated rings. The van der Waals surface area contributed by atoms with E-state index in [0.717, 1.165) is 43.2 Å². The third-order valence-electron chi connectivity index (χ3n) is 5.38. The third kappa shape index (κ3) is 8.08. The van der Waals surface area contributed by atoms with Crippen molar-refractivity contribution in [2.24, 2.45) is 0 Å². The van der Waals surface area contributed by atoms with Gasteiger partial charge in [-0.3, -0.25) is 0 Å². The second-order valence-electron chi connectivity index (χ2n) is 8.25. The van der Waals surface area contributed by atoms with Gasteiger partial charge in [-0.2, -0.15) is 8.78 Å². The first-order valence-corrected chi connectivity index (χ1v) is 11.5. The van der Waals surface area contributed by atoms with Crippen LogP contribution in [0.15, 0.2) is 46.9 Å². The molecule has 1 heterocycles. The van der Waals surface area contributed by atoms with Gasteiger partial charge in [-0.15, -0.1) is 17.6 Å². The van der Waals surface area contributed by atoms with E-state index >= 15 is 0 Å². The molecule has 0 aliphatic heterocycles. The number of furan rings is 1. The summed E-state index contributed by atoms with van der Waals surface area (Å²) in [5, 5.41) is 0.632. The molecular formula is C25H25F7O5. The van der Waals surface area contributed by atoms with Crippen LogP contribution >= 0.6 is 0 Å². The molecule has 0 aliphatic carbocycles. The second kappa shape index (κ2) is 11.7. The number of benzene rings is 2. The summed E-state index contributed by atoms with van der Waals surface area (Å²) >= 11 is 0. The predicted octanol–water partition coefficient (Wildman–Crippen LogP) is 8.40. The number of rotatable bonds is 14. The lowest BCUT2D eigenvalue weighted by molar-refractivity contribution is -0.577. The van der Waals surface area contributed by atoms with Gasteiger partial charge >= 0.3 is 18.7 Å². The first-order chi connectivity index (χ1) is 17.4. The highest BCUT2D eigenvalue weighted by molar-refractivity contribution is 5.84. The molecule has 0 unspecified atom stereocenters. The van der Waals surface area contributed by atoms with Gasteiger partial charge in [0, 0.05) is 17.0 Å². The van der Waals surface area contributed by atoms with Crippen LogP contribution in [0.25, 0.3) is 22.3 Å². The van der Waals surface area contributed by atoms with Crippen molar-refractivity contribution in [3.8, 4) is 17.1 Å². The van der Waals surface area contributed by atoms with Crippen molar-refractivity contribution < 1.29 is 54.4 Å². The van der Waals surface area contributed by atoms with Gasteiger partial charge < -0.3 is 9.15 Å². The fraction of sp³-hybridized carbons (Fsp3) is 0.440. The van der Waals surface area contributed by atoms with E-state index in [9.17, 15) is 30.9 Å². The summed E-state index contributed by atoms with van der Waals surface area (Å²) in [7, 11) is 0. The van der Waals surface area contributed by atoms with Gasteiger partial charge in [-0.25, -0.2) is 9.47 Å². The molecule has 0 N–H and O–H groups in total. The number of hydrogen-bond donors (Lipinski definition) is 0. The number of unbranched alkanes of at least 4 members (excludes halogenated alkanes) is 2. The Morgan fingerprint density at radius 1 is 0.838 bits per heavy atom. The van der Waals surface area contributed by atoms with Gasteiger partial charge in [0.05, 0.1) is 0 Å². The summed E-state index contributed by atoms with van der Waals surface area (Å²) in [5.74, 6) is 0.353. The molecule has 0 amide bonds. The first-order valence-electron chi connectivity index (χ1n) is 11.5. The highest BCUT2D eigenvalue weighted by atomic mass is 19.4. The number of halogens is 7. The monoisotopic (exact) mass is 538 g/mol. The minimum Gasteiger partial charge on any atom is -0.484 e. The van der Waals surface area contributed by atoms with E-state index in [1.54, 1.807) is 6.07 Å². The molecular weight excluding hydrogens is 513 g/mol. The standard InChI is InChI=1S/C25H25F7O5/c1-3-5-6-7-16-8-11-20(17(4-2)12-16)22-13-18-9-10-19(14-21(18)34-22)33-15-23(26,27)35-24(28,29)36-25(30,31)37-32/h8-14H,3-7,15H2,1-2H3. The van der Waals surface area contributed by atoms with Crippen molar-refractivity contribution in [1.82, 2.24) is 0 Å².